The summed E-state index contributed by atoms with van der Waals surface area (Å²) in [7, 11) is -1.31. The molecule has 1 nitrogen and oxygen atoms in total. The fourth-order valence-corrected chi connectivity index (χ4v) is 7.30. The van der Waals surface area contributed by atoms with Gasteiger partial charge >= 0.3 is 0 Å². The maximum Gasteiger partial charge on any atom is 0.107 e. The Morgan fingerprint density at radius 3 is 2.16 bits per heavy atom. The number of benzene rings is 1. The van der Waals surface area contributed by atoms with Crippen LogP contribution < -0.4 is 5.32 Å². The summed E-state index contributed by atoms with van der Waals surface area (Å²) in [6.07, 6.45) is 2.45. The van der Waals surface area contributed by atoms with Gasteiger partial charge in [-0.15, -0.1) is 0 Å². The van der Waals surface area contributed by atoms with Crippen LogP contribution in [-0.2, 0) is 6.42 Å². The summed E-state index contributed by atoms with van der Waals surface area (Å²) in [6, 6.07) is 12.9. The van der Waals surface area contributed by atoms with Crippen molar-refractivity contribution in [1.29, 1.82) is 0 Å². The van der Waals surface area contributed by atoms with Crippen LogP contribution in [0.5, 0.6) is 0 Å². The largest absolute Gasteiger partial charge is 0.362 e. The molecule has 0 aliphatic rings. The van der Waals surface area contributed by atoms with Crippen molar-refractivity contribution in [2.24, 2.45) is 0 Å². The van der Waals surface area contributed by atoms with Crippen LogP contribution in [0, 0.1) is 0 Å². The molecule has 104 valence electrons. The molecule has 0 bridgehead atoms. The smallest absolute Gasteiger partial charge is 0.107 e. The van der Waals surface area contributed by atoms with Crippen molar-refractivity contribution in [2.75, 3.05) is 0 Å². The summed E-state index contributed by atoms with van der Waals surface area (Å²) in [5, 5.41) is 3.11. The molecule has 0 fully saturated rings. The Hall–Kier alpha value is -1.02. The Kier molecular flexibility index (Phi) is 4.51. The molecule has 0 radical (unpaired) electrons. The second kappa shape index (κ2) is 5.95. The predicted molar refractivity (Wildman–Crippen MR) is 89.1 cm³/mol. The van der Waals surface area contributed by atoms with E-state index in [0.29, 0.717) is 0 Å². The Morgan fingerprint density at radius 2 is 1.58 bits per heavy atom. The van der Waals surface area contributed by atoms with Crippen molar-refractivity contribution in [3.05, 3.63) is 29.8 Å². The van der Waals surface area contributed by atoms with E-state index in [1.165, 1.54) is 41.9 Å². The lowest BCUT2D eigenvalue weighted by Gasteiger charge is -2.28. The minimum atomic E-state index is -1.31. The fourth-order valence-electron chi connectivity index (χ4n) is 3.44. The molecular formula is C17H27NSi. The SMILES string of the molecule is CCCc1c([Si](CC)(CC)CC)[nH]c2ccccc12. The number of para-hydroxylation sites is 1. The molecule has 1 heterocycles. The first-order valence-electron chi connectivity index (χ1n) is 7.82. The second-order valence-corrected chi connectivity index (χ2v) is 10.8. The average molecular weight is 273 g/mol. The number of nitrogens with one attached hydrogen (secondary N) is 1. The maximum absolute atomic E-state index is 3.80. The van der Waals surface area contributed by atoms with Crippen LogP contribution in [0.25, 0.3) is 10.9 Å². The lowest BCUT2D eigenvalue weighted by Crippen LogP contribution is -2.48. The van der Waals surface area contributed by atoms with Gasteiger partial charge in [0.05, 0.1) is 0 Å². The van der Waals surface area contributed by atoms with Gasteiger partial charge in [-0.1, -0.05) is 70.4 Å². The van der Waals surface area contributed by atoms with Crippen molar-refractivity contribution in [3.63, 3.8) is 0 Å². The number of hydrogen-bond donors (Lipinski definition) is 1. The van der Waals surface area contributed by atoms with E-state index >= 15 is 0 Å². The standard InChI is InChI=1S/C17H27NSi/c1-5-11-15-14-12-9-10-13-16(14)18-17(15)19(6-2,7-3)8-4/h9-10,12-13,18H,5-8,11H2,1-4H3. The highest BCUT2D eigenvalue weighted by Gasteiger charge is 2.33. The first kappa shape index (κ1) is 14.4. The number of H-pyrrole nitrogens is 1. The van der Waals surface area contributed by atoms with Gasteiger partial charge in [0.25, 0.3) is 0 Å². The van der Waals surface area contributed by atoms with Crippen molar-refractivity contribution in [2.45, 2.75) is 58.7 Å². The van der Waals surface area contributed by atoms with Crippen LogP contribution in [0.1, 0.15) is 39.7 Å². The van der Waals surface area contributed by atoms with Gasteiger partial charge < -0.3 is 4.98 Å². The Morgan fingerprint density at radius 1 is 0.947 bits per heavy atom. The highest BCUT2D eigenvalue weighted by Crippen LogP contribution is 2.26. The summed E-state index contributed by atoms with van der Waals surface area (Å²) >= 11 is 0. The zero-order valence-corrected chi connectivity index (χ0v) is 13.8. The average Bonchev–Trinajstić information content (AvgIpc) is 2.82. The van der Waals surface area contributed by atoms with E-state index in [2.05, 4.69) is 56.9 Å². The highest BCUT2D eigenvalue weighted by atomic mass is 28.3. The van der Waals surface area contributed by atoms with Gasteiger partial charge in [-0.2, -0.15) is 0 Å². The third-order valence-corrected chi connectivity index (χ3v) is 10.4. The number of aryl methyl sites for hydroxylation is 1. The summed E-state index contributed by atoms with van der Waals surface area (Å²) in [5.41, 5.74) is 2.96. The Bertz CT molecular complexity index is 529. The van der Waals surface area contributed by atoms with Gasteiger partial charge in [-0.3, -0.25) is 0 Å². The van der Waals surface area contributed by atoms with Gasteiger partial charge in [-0.05, 0) is 18.1 Å². The molecule has 0 spiro atoms. The number of fused-ring (bicyclic) bond motifs is 1. The molecule has 0 unspecified atom stereocenters. The van der Waals surface area contributed by atoms with Crippen molar-refractivity contribution < 1.29 is 0 Å². The summed E-state index contributed by atoms with van der Waals surface area (Å²) in [6.45, 7) is 9.46. The molecule has 0 saturated carbocycles. The van der Waals surface area contributed by atoms with E-state index in [4.69, 9.17) is 0 Å². The van der Waals surface area contributed by atoms with Crippen molar-refractivity contribution in [1.82, 2.24) is 4.98 Å². The van der Waals surface area contributed by atoms with Crippen LogP contribution in [0.4, 0.5) is 0 Å². The molecule has 0 aliphatic heterocycles. The van der Waals surface area contributed by atoms with Gasteiger partial charge in [0, 0.05) is 16.2 Å². The van der Waals surface area contributed by atoms with Gasteiger partial charge in [0.15, 0.2) is 0 Å². The number of aromatic amines is 1. The monoisotopic (exact) mass is 273 g/mol. The minimum Gasteiger partial charge on any atom is -0.362 e. The second-order valence-electron chi connectivity index (χ2n) is 5.62. The van der Waals surface area contributed by atoms with Crippen LogP contribution in [0.15, 0.2) is 24.3 Å². The first-order chi connectivity index (χ1) is 9.22. The molecule has 19 heavy (non-hydrogen) atoms. The maximum atomic E-state index is 3.80. The van der Waals surface area contributed by atoms with Crippen molar-refractivity contribution in [3.8, 4) is 0 Å². The fraction of sp³-hybridized carbons (Fsp3) is 0.529. The van der Waals surface area contributed by atoms with Crippen LogP contribution in [0.2, 0.25) is 18.1 Å². The molecule has 1 aromatic carbocycles. The van der Waals surface area contributed by atoms with Gasteiger partial charge in [0.2, 0.25) is 0 Å². The Labute approximate surface area is 118 Å². The Balaban J connectivity index is 2.67. The molecule has 0 atom stereocenters. The topological polar surface area (TPSA) is 15.8 Å². The quantitative estimate of drug-likeness (QED) is 0.725. The summed E-state index contributed by atoms with van der Waals surface area (Å²) in [5.74, 6) is 0. The zero-order valence-electron chi connectivity index (χ0n) is 12.8. The van der Waals surface area contributed by atoms with E-state index < -0.39 is 8.07 Å². The van der Waals surface area contributed by atoms with E-state index in [1.54, 1.807) is 10.9 Å². The molecule has 0 saturated heterocycles. The predicted octanol–water partition coefficient (Wildman–Crippen LogP) is 4.84. The first-order valence-corrected chi connectivity index (χ1v) is 10.4. The molecule has 1 aromatic heterocycles. The van der Waals surface area contributed by atoms with E-state index in [0.717, 1.165) is 0 Å². The van der Waals surface area contributed by atoms with Crippen LogP contribution in [-0.4, -0.2) is 13.1 Å². The van der Waals surface area contributed by atoms with Crippen LogP contribution >= 0.6 is 0 Å². The highest BCUT2D eigenvalue weighted by molar-refractivity contribution is 6.91. The van der Waals surface area contributed by atoms with Crippen molar-refractivity contribution >= 4 is 24.3 Å². The van der Waals surface area contributed by atoms with Gasteiger partial charge in [0.1, 0.15) is 8.07 Å². The molecule has 2 aromatic rings. The lowest BCUT2D eigenvalue weighted by atomic mass is 10.1. The summed E-state index contributed by atoms with van der Waals surface area (Å²) < 4.78 is 0. The van der Waals surface area contributed by atoms with Gasteiger partial charge in [-0.25, -0.2) is 0 Å². The zero-order chi connectivity index (χ0) is 13.9. The van der Waals surface area contributed by atoms with E-state index in [1.807, 2.05) is 0 Å². The number of hydrogen-bond acceptors (Lipinski definition) is 0. The number of rotatable bonds is 6. The van der Waals surface area contributed by atoms with Crippen LogP contribution in [0.3, 0.4) is 0 Å². The molecule has 1 N–H and O–H groups in total. The van der Waals surface area contributed by atoms with E-state index in [-0.39, 0.29) is 0 Å². The number of aromatic nitrogens is 1. The normalized spacial score (nSPS) is 12.2. The lowest BCUT2D eigenvalue weighted by molar-refractivity contribution is 0.932. The molecule has 0 amide bonds. The minimum absolute atomic E-state index is 1.22. The van der Waals surface area contributed by atoms with E-state index in [9.17, 15) is 0 Å². The molecule has 2 rings (SSSR count). The summed E-state index contributed by atoms with van der Waals surface area (Å²) in [4.78, 5) is 3.80. The third kappa shape index (κ3) is 2.38. The third-order valence-electron chi connectivity index (χ3n) is 4.87. The molecule has 2 heteroatoms. The molecular weight excluding hydrogens is 246 g/mol. The molecule has 0 aliphatic carbocycles.